The maximum absolute atomic E-state index is 13.6. The lowest BCUT2D eigenvalue weighted by atomic mass is 10.0. The summed E-state index contributed by atoms with van der Waals surface area (Å²) in [5.74, 6) is 0.532. The van der Waals surface area contributed by atoms with E-state index in [4.69, 9.17) is 34.8 Å². The van der Waals surface area contributed by atoms with Gasteiger partial charge in [0.25, 0.3) is 0 Å². The summed E-state index contributed by atoms with van der Waals surface area (Å²) in [5, 5.41) is 4.55. The van der Waals surface area contributed by atoms with Gasteiger partial charge in [0, 0.05) is 30.3 Å². The molecule has 0 radical (unpaired) electrons. The van der Waals surface area contributed by atoms with Crippen LogP contribution in [0.25, 0.3) is 0 Å². The van der Waals surface area contributed by atoms with E-state index in [1.807, 2.05) is 67.6 Å². The minimum Gasteiger partial charge on any atom is -0.354 e. The fourth-order valence-corrected chi connectivity index (χ4v) is 5.11. The fraction of sp³-hybridized carbons (Fsp3) is 0.286. The van der Waals surface area contributed by atoms with Crippen molar-refractivity contribution in [2.75, 3.05) is 12.3 Å². The van der Waals surface area contributed by atoms with E-state index in [1.54, 1.807) is 17.0 Å². The third-order valence-corrected chi connectivity index (χ3v) is 7.50. The molecule has 0 aliphatic heterocycles. The molecule has 0 aromatic heterocycles. The van der Waals surface area contributed by atoms with E-state index in [-0.39, 0.29) is 24.1 Å². The minimum atomic E-state index is -0.656. The fourth-order valence-electron chi connectivity index (χ4n) is 3.72. The predicted octanol–water partition coefficient (Wildman–Crippen LogP) is 7.05. The molecule has 1 atom stereocenters. The van der Waals surface area contributed by atoms with Gasteiger partial charge in [0.05, 0.1) is 15.8 Å². The van der Waals surface area contributed by atoms with Gasteiger partial charge in [-0.3, -0.25) is 9.59 Å². The maximum atomic E-state index is 13.6. The number of thioether (sulfide) groups is 1. The smallest absolute Gasteiger partial charge is 0.243 e. The second-order valence-electron chi connectivity index (χ2n) is 8.39. The molecule has 0 aliphatic carbocycles. The first kappa shape index (κ1) is 28.4. The second kappa shape index (κ2) is 14.5. The normalized spacial score (nSPS) is 11.7. The first-order valence-electron chi connectivity index (χ1n) is 11.7. The summed E-state index contributed by atoms with van der Waals surface area (Å²) in [6.07, 6.45) is 1.23. The highest BCUT2D eigenvalue weighted by Crippen LogP contribution is 2.25. The molecule has 36 heavy (non-hydrogen) atoms. The van der Waals surface area contributed by atoms with Crippen molar-refractivity contribution in [3.8, 4) is 0 Å². The van der Waals surface area contributed by atoms with E-state index >= 15 is 0 Å². The first-order chi connectivity index (χ1) is 17.4. The van der Waals surface area contributed by atoms with Crippen molar-refractivity contribution in [3.05, 3.63) is 105 Å². The molecule has 0 spiro atoms. The van der Waals surface area contributed by atoms with Gasteiger partial charge in [-0.15, -0.1) is 11.8 Å². The molecule has 8 heteroatoms. The van der Waals surface area contributed by atoms with Gasteiger partial charge in [-0.05, 0) is 47.4 Å². The van der Waals surface area contributed by atoms with Crippen LogP contribution in [0, 0.1) is 0 Å². The molecule has 3 aromatic carbocycles. The van der Waals surface area contributed by atoms with Gasteiger partial charge in [0.15, 0.2) is 0 Å². The van der Waals surface area contributed by atoms with Crippen LogP contribution >= 0.6 is 46.6 Å². The van der Waals surface area contributed by atoms with Gasteiger partial charge in [-0.1, -0.05) is 90.3 Å². The summed E-state index contributed by atoms with van der Waals surface area (Å²) in [6, 6.07) is 21.9. The maximum Gasteiger partial charge on any atom is 0.243 e. The standard InChI is InChI=1S/C28H29Cl3N2O2S/c1-2-13-32-28(35)26(16-20-7-4-3-5-8-20)33(17-21-9-6-10-23(29)14-21)27(34)19-36-18-22-11-12-24(30)25(31)15-22/h3-12,14-15,26H,2,13,16-19H2,1H3,(H,32,35). The summed E-state index contributed by atoms with van der Waals surface area (Å²) in [7, 11) is 0. The zero-order chi connectivity index (χ0) is 25.9. The molecule has 0 bridgehead atoms. The Morgan fingerprint density at radius 3 is 2.33 bits per heavy atom. The summed E-state index contributed by atoms with van der Waals surface area (Å²) in [6.45, 7) is 2.83. The van der Waals surface area contributed by atoms with Crippen LogP contribution < -0.4 is 5.32 Å². The number of rotatable bonds is 12. The molecule has 2 amide bonds. The van der Waals surface area contributed by atoms with Gasteiger partial charge >= 0.3 is 0 Å². The SMILES string of the molecule is CCCNC(=O)C(Cc1ccccc1)N(Cc1cccc(Cl)c1)C(=O)CSCc1ccc(Cl)c(Cl)c1. The Morgan fingerprint density at radius 1 is 0.889 bits per heavy atom. The zero-order valence-corrected chi connectivity index (χ0v) is 23.1. The lowest BCUT2D eigenvalue weighted by Gasteiger charge is -2.31. The number of nitrogens with zero attached hydrogens (tertiary/aromatic N) is 1. The largest absolute Gasteiger partial charge is 0.354 e. The molecule has 0 fully saturated rings. The molecule has 0 heterocycles. The average molecular weight is 564 g/mol. The van der Waals surface area contributed by atoms with E-state index in [0.717, 1.165) is 23.1 Å². The minimum absolute atomic E-state index is 0.118. The van der Waals surface area contributed by atoms with Crippen LogP contribution in [-0.4, -0.2) is 35.1 Å². The van der Waals surface area contributed by atoms with Crippen LogP contribution in [0.3, 0.4) is 0 Å². The lowest BCUT2D eigenvalue weighted by Crippen LogP contribution is -2.51. The lowest BCUT2D eigenvalue weighted by molar-refractivity contribution is -0.139. The topological polar surface area (TPSA) is 49.4 Å². The highest BCUT2D eigenvalue weighted by Gasteiger charge is 2.30. The Morgan fingerprint density at radius 2 is 1.64 bits per heavy atom. The summed E-state index contributed by atoms with van der Waals surface area (Å²) >= 11 is 19.8. The van der Waals surface area contributed by atoms with E-state index in [2.05, 4.69) is 5.32 Å². The number of hydrogen-bond acceptors (Lipinski definition) is 3. The number of halogens is 3. The Kier molecular flexibility index (Phi) is 11.5. The van der Waals surface area contributed by atoms with Crippen molar-refractivity contribution >= 4 is 58.4 Å². The van der Waals surface area contributed by atoms with Crippen LogP contribution in [0.2, 0.25) is 15.1 Å². The Bertz CT molecular complexity index is 1160. The van der Waals surface area contributed by atoms with Crippen LogP contribution in [0.1, 0.15) is 30.0 Å². The molecular formula is C28H29Cl3N2O2S. The summed E-state index contributed by atoms with van der Waals surface area (Å²) < 4.78 is 0. The van der Waals surface area contributed by atoms with E-state index in [9.17, 15) is 9.59 Å². The first-order valence-corrected chi connectivity index (χ1v) is 14.0. The highest BCUT2D eigenvalue weighted by atomic mass is 35.5. The van der Waals surface area contributed by atoms with Gasteiger partial charge in [-0.2, -0.15) is 0 Å². The van der Waals surface area contributed by atoms with E-state index in [0.29, 0.717) is 33.8 Å². The molecule has 3 rings (SSSR count). The molecule has 0 saturated heterocycles. The Balaban J connectivity index is 1.83. The van der Waals surface area contributed by atoms with Crippen molar-refractivity contribution in [2.45, 2.75) is 38.1 Å². The van der Waals surface area contributed by atoms with Crippen molar-refractivity contribution in [3.63, 3.8) is 0 Å². The average Bonchev–Trinajstić information content (AvgIpc) is 2.87. The van der Waals surface area contributed by atoms with Crippen LogP contribution in [0.4, 0.5) is 0 Å². The van der Waals surface area contributed by atoms with Gasteiger partial charge in [0.1, 0.15) is 6.04 Å². The highest BCUT2D eigenvalue weighted by molar-refractivity contribution is 7.99. The Hall–Kier alpha value is -2.18. The zero-order valence-electron chi connectivity index (χ0n) is 20.1. The van der Waals surface area contributed by atoms with E-state index < -0.39 is 6.04 Å². The van der Waals surface area contributed by atoms with E-state index in [1.165, 1.54) is 11.8 Å². The number of carbonyl (C=O) groups is 2. The van der Waals surface area contributed by atoms with Crippen molar-refractivity contribution in [1.29, 1.82) is 0 Å². The van der Waals surface area contributed by atoms with Gasteiger partial charge in [0.2, 0.25) is 11.8 Å². The second-order valence-corrected chi connectivity index (χ2v) is 10.6. The number of amides is 2. The van der Waals surface area contributed by atoms with Crippen molar-refractivity contribution < 1.29 is 9.59 Å². The predicted molar refractivity (Wildman–Crippen MR) is 152 cm³/mol. The van der Waals surface area contributed by atoms with Crippen LogP contribution in [0.15, 0.2) is 72.8 Å². The molecule has 1 N–H and O–H groups in total. The third-order valence-electron chi connectivity index (χ3n) is 5.54. The van der Waals surface area contributed by atoms with Crippen molar-refractivity contribution in [2.24, 2.45) is 0 Å². The molecule has 4 nitrogen and oxygen atoms in total. The summed E-state index contributed by atoms with van der Waals surface area (Å²) in [4.78, 5) is 28.6. The number of benzene rings is 3. The van der Waals surface area contributed by atoms with Crippen molar-refractivity contribution in [1.82, 2.24) is 10.2 Å². The van der Waals surface area contributed by atoms with Gasteiger partial charge < -0.3 is 10.2 Å². The summed E-state index contributed by atoms with van der Waals surface area (Å²) in [5.41, 5.74) is 2.83. The molecule has 3 aromatic rings. The Labute approximate surface area is 232 Å². The quantitative estimate of drug-likeness (QED) is 0.257. The van der Waals surface area contributed by atoms with Crippen LogP contribution in [-0.2, 0) is 28.3 Å². The number of carbonyl (C=O) groups excluding carboxylic acids is 2. The molecule has 0 aliphatic rings. The number of nitrogens with one attached hydrogen (secondary N) is 1. The molecule has 0 saturated carbocycles. The molecule has 1 unspecified atom stereocenters. The monoisotopic (exact) mass is 562 g/mol. The number of hydrogen-bond donors (Lipinski definition) is 1. The molecule has 190 valence electrons. The molecular weight excluding hydrogens is 535 g/mol. The van der Waals surface area contributed by atoms with Gasteiger partial charge in [-0.25, -0.2) is 0 Å². The third kappa shape index (κ3) is 8.74. The van der Waals surface area contributed by atoms with Crippen LogP contribution in [0.5, 0.6) is 0 Å².